The molecule has 1 aromatic heterocycles. The summed E-state index contributed by atoms with van der Waals surface area (Å²) in [6.07, 6.45) is 13.0. The molecule has 0 amide bonds. The van der Waals surface area contributed by atoms with Gasteiger partial charge < -0.3 is 9.84 Å². The van der Waals surface area contributed by atoms with Crippen LogP contribution < -0.4 is 4.74 Å². The van der Waals surface area contributed by atoms with Crippen molar-refractivity contribution < 1.29 is 14.6 Å². The Morgan fingerprint density at radius 3 is 2.55 bits per heavy atom. The summed E-state index contributed by atoms with van der Waals surface area (Å²) in [5.41, 5.74) is 1.02. The number of piperidine rings is 2. The molecule has 0 radical (unpaired) electrons. The molecule has 0 spiro atoms. The van der Waals surface area contributed by atoms with Crippen molar-refractivity contribution in [3.05, 3.63) is 35.1 Å². The van der Waals surface area contributed by atoms with E-state index in [2.05, 4.69) is 24.0 Å². The molecule has 5 nitrogen and oxygen atoms in total. The van der Waals surface area contributed by atoms with Gasteiger partial charge in [-0.3, -0.25) is 14.7 Å². The Hall–Kier alpha value is -1.85. The van der Waals surface area contributed by atoms with E-state index < -0.39 is 5.97 Å². The number of carboxylic acid groups (broad SMARTS) is 1. The van der Waals surface area contributed by atoms with Gasteiger partial charge in [0.25, 0.3) is 0 Å². The lowest BCUT2D eigenvalue weighted by Gasteiger charge is -2.48. The number of benzene rings is 1. The molecule has 178 valence electrons. The minimum atomic E-state index is -0.638. The SMILES string of the molecule is CCC1CCC(Oc2ccc3cc(CN4C5CCCC4CC(C(=O)O)C5)ncc3c2Cl)CC1. The van der Waals surface area contributed by atoms with Gasteiger partial charge in [0.05, 0.1) is 22.7 Å². The lowest BCUT2D eigenvalue weighted by molar-refractivity contribution is -0.146. The first kappa shape index (κ1) is 22.9. The van der Waals surface area contributed by atoms with Crippen LogP contribution >= 0.6 is 11.6 Å². The number of hydrogen-bond donors (Lipinski definition) is 1. The van der Waals surface area contributed by atoms with Crippen LogP contribution in [-0.4, -0.2) is 39.1 Å². The highest BCUT2D eigenvalue weighted by Crippen LogP contribution is 2.39. The molecule has 2 atom stereocenters. The predicted octanol–water partition coefficient (Wildman–Crippen LogP) is 6.45. The summed E-state index contributed by atoms with van der Waals surface area (Å²) in [7, 11) is 0. The monoisotopic (exact) mass is 470 g/mol. The van der Waals surface area contributed by atoms with Gasteiger partial charge in [-0.2, -0.15) is 0 Å². The largest absolute Gasteiger partial charge is 0.489 e. The van der Waals surface area contributed by atoms with Gasteiger partial charge in [0.1, 0.15) is 5.75 Å². The van der Waals surface area contributed by atoms with Crippen LogP contribution in [0, 0.1) is 11.8 Å². The van der Waals surface area contributed by atoms with Crippen LogP contribution in [0.2, 0.25) is 5.02 Å². The van der Waals surface area contributed by atoms with Gasteiger partial charge in [0.2, 0.25) is 0 Å². The molecular formula is C27H35ClN2O3. The van der Waals surface area contributed by atoms with Crippen LogP contribution in [-0.2, 0) is 11.3 Å². The van der Waals surface area contributed by atoms with Gasteiger partial charge in [-0.25, -0.2) is 0 Å². The number of halogens is 1. The highest BCUT2D eigenvalue weighted by atomic mass is 35.5. The number of carbonyl (C=O) groups is 1. The lowest BCUT2D eigenvalue weighted by Crippen LogP contribution is -2.52. The van der Waals surface area contributed by atoms with Gasteiger partial charge in [-0.15, -0.1) is 0 Å². The molecule has 1 aliphatic carbocycles. The van der Waals surface area contributed by atoms with E-state index >= 15 is 0 Å². The van der Waals surface area contributed by atoms with Crippen LogP contribution in [0.25, 0.3) is 10.8 Å². The van der Waals surface area contributed by atoms with E-state index in [9.17, 15) is 9.90 Å². The van der Waals surface area contributed by atoms with Crippen LogP contribution in [0.5, 0.6) is 5.75 Å². The van der Waals surface area contributed by atoms with Crippen molar-refractivity contribution in [3.8, 4) is 5.75 Å². The number of aromatic nitrogens is 1. The molecule has 2 bridgehead atoms. The molecule has 3 heterocycles. The van der Waals surface area contributed by atoms with Gasteiger partial charge >= 0.3 is 5.97 Å². The van der Waals surface area contributed by atoms with Crippen molar-refractivity contribution in [1.82, 2.24) is 9.88 Å². The van der Waals surface area contributed by atoms with Gasteiger partial charge in [0.15, 0.2) is 0 Å². The molecule has 1 N–H and O–H groups in total. The molecule has 6 heteroatoms. The van der Waals surface area contributed by atoms with Gasteiger partial charge in [0, 0.05) is 30.2 Å². The zero-order chi connectivity index (χ0) is 22.9. The van der Waals surface area contributed by atoms with E-state index in [1.807, 2.05) is 12.3 Å². The normalized spacial score (nSPS) is 30.3. The van der Waals surface area contributed by atoms with Crippen LogP contribution in [0.15, 0.2) is 24.4 Å². The number of pyridine rings is 1. The summed E-state index contributed by atoms with van der Waals surface area (Å²) in [4.78, 5) is 18.8. The minimum absolute atomic E-state index is 0.199. The standard InChI is InChI=1S/C27H35ClN2O3/c1-2-17-6-9-23(10-7-17)33-25-11-8-18-12-20(29-15-24(18)26(25)28)16-30-21-4-3-5-22(30)14-19(13-21)27(31)32/h8,11-12,15,17,19,21-23H,2-7,9-10,13-14,16H2,1H3,(H,31,32). The van der Waals surface area contributed by atoms with Crippen molar-refractivity contribution in [2.45, 2.75) is 95.9 Å². The van der Waals surface area contributed by atoms with Crippen molar-refractivity contribution in [3.63, 3.8) is 0 Å². The number of ether oxygens (including phenoxy) is 1. The molecule has 3 fully saturated rings. The van der Waals surface area contributed by atoms with Crippen molar-refractivity contribution in [2.24, 2.45) is 11.8 Å². The maximum atomic E-state index is 11.6. The summed E-state index contributed by atoms with van der Waals surface area (Å²) in [6, 6.07) is 6.93. The van der Waals surface area contributed by atoms with Crippen molar-refractivity contribution in [1.29, 1.82) is 0 Å². The first-order valence-electron chi connectivity index (χ1n) is 12.7. The van der Waals surface area contributed by atoms with Crippen LogP contribution in [0.3, 0.4) is 0 Å². The van der Waals surface area contributed by atoms with E-state index in [1.165, 1.54) is 25.7 Å². The Balaban J connectivity index is 1.29. The number of aliphatic carboxylic acids is 1. The lowest BCUT2D eigenvalue weighted by atomic mass is 9.78. The molecule has 3 aliphatic rings. The smallest absolute Gasteiger partial charge is 0.306 e. The van der Waals surface area contributed by atoms with E-state index in [0.29, 0.717) is 17.1 Å². The zero-order valence-corrected chi connectivity index (χ0v) is 20.3. The third-order valence-corrected chi connectivity index (χ3v) is 8.73. The fourth-order valence-electron chi connectivity index (χ4n) is 6.35. The van der Waals surface area contributed by atoms with E-state index in [4.69, 9.17) is 21.3 Å². The molecule has 2 aliphatic heterocycles. The third-order valence-electron chi connectivity index (χ3n) is 8.34. The number of nitrogens with zero attached hydrogens (tertiary/aromatic N) is 2. The van der Waals surface area contributed by atoms with Crippen LogP contribution in [0.1, 0.15) is 76.8 Å². The molecule has 1 saturated carbocycles. The number of carboxylic acids is 1. The average Bonchev–Trinajstić information content (AvgIpc) is 2.81. The first-order chi connectivity index (χ1) is 16.0. The highest BCUT2D eigenvalue weighted by molar-refractivity contribution is 6.37. The zero-order valence-electron chi connectivity index (χ0n) is 19.5. The Morgan fingerprint density at radius 1 is 1.15 bits per heavy atom. The maximum absolute atomic E-state index is 11.6. The van der Waals surface area contributed by atoms with Gasteiger partial charge in [-0.1, -0.05) is 37.4 Å². The molecule has 2 unspecified atom stereocenters. The Morgan fingerprint density at radius 2 is 1.88 bits per heavy atom. The number of rotatable bonds is 6. The second-order valence-corrected chi connectivity index (χ2v) is 10.7. The minimum Gasteiger partial charge on any atom is -0.489 e. The summed E-state index contributed by atoms with van der Waals surface area (Å²) in [5.74, 6) is 0.773. The summed E-state index contributed by atoms with van der Waals surface area (Å²) >= 11 is 6.75. The summed E-state index contributed by atoms with van der Waals surface area (Å²) in [5, 5.41) is 12.2. The Bertz CT molecular complexity index is 990. The Kier molecular flexibility index (Phi) is 6.80. The first-order valence-corrected chi connectivity index (χ1v) is 13.1. The van der Waals surface area contributed by atoms with Crippen molar-refractivity contribution in [2.75, 3.05) is 0 Å². The summed E-state index contributed by atoms with van der Waals surface area (Å²) in [6.45, 7) is 3.05. The number of fused-ring (bicyclic) bond motifs is 3. The average molecular weight is 471 g/mol. The van der Waals surface area contributed by atoms with E-state index in [0.717, 1.165) is 73.2 Å². The maximum Gasteiger partial charge on any atom is 0.306 e. The highest BCUT2D eigenvalue weighted by Gasteiger charge is 2.40. The van der Waals surface area contributed by atoms with Gasteiger partial charge in [-0.05, 0) is 74.8 Å². The molecular weight excluding hydrogens is 436 g/mol. The van der Waals surface area contributed by atoms with Crippen LogP contribution in [0.4, 0.5) is 0 Å². The second kappa shape index (κ2) is 9.79. The predicted molar refractivity (Wildman–Crippen MR) is 131 cm³/mol. The van der Waals surface area contributed by atoms with E-state index in [-0.39, 0.29) is 12.0 Å². The third kappa shape index (κ3) is 4.85. The fourth-order valence-corrected chi connectivity index (χ4v) is 6.61. The molecule has 5 rings (SSSR count). The second-order valence-electron chi connectivity index (χ2n) is 10.4. The Labute approximate surface area is 201 Å². The quantitative estimate of drug-likeness (QED) is 0.525. The molecule has 2 saturated heterocycles. The van der Waals surface area contributed by atoms with Crippen molar-refractivity contribution >= 4 is 28.3 Å². The molecule has 33 heavy (non-hydrogen) atoms. The topological polar surface area (TPSA) is 62.7 Å². The molecule has 2 aromatic rings. The summed E-state index contributed by atoms with van der Waals surface area (Å²) < 4.78 is 6.30. The molecule has 1 aromatic carbocycles. The van der Waals surface area contributed by atoms with E-state index in [1.54, 1.807) is 0 Å². The number of hydrogen-bond acceptors (Lipinski definition) is 4. The fraction of sp³-hybridized carbons (Fsp3) is 0.630.